The normalized spacial score (nSPS) is 16.3. The van der Waals surface area contributed by atoms with Crippen molar-refractivity contribution in [2.24, 2.45) is 0 Å². The van der Waals surface area contributed by atoms with Crippen LogP contribution in [-0.4, -0.2) is 36.5 Å². The summed E-state index contributed by atoms with van der Waals surface area (Å²) in [5, 5.41) is 3.29. The lowest BCUT2D eigenvalue weighted by Crippen LogP contribution is -2.41. The number of halogens is 2. The number of benzene rings is 1. The molecule has 0 aromatic heterocycles. The summed E-state index contributed by atoms with van der Waals surface area (Å²) in [5.74, 6) is 0.238. The number of piperidine rings is 1. The van der Waals surface area contributed by atoms with Gasteiger partial charge in [-0.2, -0.15) is 8.78 Å². The van der Waals surface area contributed by atoms with Gasteiger partial charge in [0.05, 0.1) is 0 Å². The van der Waals surface area contributed by atoms with Gasteiger partial charge in [-0.25, -0.2) is 0 Å². The van der Waals surface area contributed by atoms with Crippen LogP contribution in [0.25, 0.3) is 0 Å². The lowest BCUT2D eigenvalue weighted by Gasteiger charge is -2.32. The summed E-state index contributed by atoms with van der Waals surface area (Å²) in [6, 6.07) is 6.78. The smallest absolute Gasteiger partial charge is 0.387 e. The maximum Gasteiger partial charge on any atom is 0.387 e. The van der Waals surface area contributed by atoms with Crippen molar-refractivity contribution < 1.29 is 18.3 Å². The molecule has 0 aliphatic carbocycles. The van der Waals surface area contributed by atoms with Gasteiger partial charge in [0.2, 0.25) is 5.91 Å². The standard InChI is InChI=1S/C14H18F2N2O2/c1-10(19)18-7-5-11(6-8-18)17-12-3-2-4-13(9-12)20-14(15)16/h2-4,9,11,14,17H,5-8H2,1H3. The molecule has 0 bridgehead atoms. The zero-order chi connectivity index (χ0) is 14.5. The molecule has 110 valence electrons. The third-order valence-corrected chi connectivity index (χ3v) is 3.37. The van der Waals surface area contributed by atoms with Gasteiger partial charge in [0.1, 0.15) is 5.75 Å². The van der Waals surface area contributed by atoms with Crippen LogP contribution in [0.15, 0.2) is 24.3 Å². The van der Waals surface area contributed by atoms with Gasteiger partial charge in [-0.3, -0.25) is 4.79 Å². The number of carbonyl (C=O) groups is 1. The predicted molar refractivity (Wildman–Crippen MR) is 72.0 cm³/mol. The lowest BCUT2D eigenvalue weighted by molar-refractivity contribution is -0.129. The Morgan fingerprint density at radius 1 is 1.40 bits per heavy atom. The van der Waals surface area contributed by atoms with Gasteiger partial charge in [-0.05, 0) is 25.0 Å². The second kappa shape index (κ2) is 6.54. The minimum absolute atomic E-state index is 0.0933. The predicted octanol–water partition coefficient (Wildman–Crippen LogP) is 2.71. The molecule has 1 aromatic rings. The Bertz CT molecular complexity index is 460. The fourth-order valence-electron chi connectivity index (χ4n) is 2.34. The first-order valence-electron chi connectivity index (χ1n) is 6.61. The minimum Gasteiger partial charge on any atom is -0.435 e. The Hall–Kier alpha value is -1.85. The Morgan fingerprint density at radius 2 is 2.10 bits per heavy atom. The van der Waals surface area contributed by atoms with Gasteiger partial charge in [0.15, 0.2) is 0 Å². The summed E-state index contributed by atoms with van der Waals surface area (Å²) in [6.07, 6.45) is 1.69. The summed E-state index contributed by atoms with van der Waals surface area (Å²) in [6.45, 7) is 0.198. The van der Waals surface area contributed by atoms with Crippen LogP contribution < -0.4 is 10.1 Å². The minimum atomic E-state index is -2.82. The first-order chi connectivity index (χ1) is 9.54. The molecule has 0 unspecified atom stereocenters. The highest BCUT2D eigenvalue weighted by Crippen LogP contribution is 2.22. The molecule has 1 aliphatic rings. The number of anilines is 1. The maximum absolute atomic E-state index is 12.1. The van der Waals surface area contributed by atoms with Crippen LogP contribution in [0.5, 0.6) is 5.75 Å². The fraction of sp³-hybridized carbons (Fsp3) is 0.500. The van der Waals surface area contributed by atoms with Crippen LogP contribution in [0.4, 0.5) is 14.5 Å². The summed E-state index contributed by atoms with van der Waals surface area (Å²) >= 11 is 0. The van der Waals surface area contributed by atoms with E-state index in [0.717, 1.165) is 31.6 Å². The van der Waals surface area contributed by atoms with Crippen LogP contribution in [0.3, 0.4) is 0 Å². The van der Waals surface area contributed by atoms with Gasteiger partial charge in [0.25, 0.3) is 0 Å². The molecule has 20 heavy (non-hydrogen) atoms. The average Bonchev–Trinajstić information content (AvgIpc) is 2.39. The molecule has 0 radical (unpaired) electrons. The van der Waals surface area contributed by atoms with E-state index in [2.05, 4.69) is 10.1 Å². The van der Waals surface area contributed by atoms with Crippen molar-refractivity contribution in [3.05, 3.63) is 24.3 Å². The Labute approximate surface area is 116 Å². The zero-order valence-electron chi connectivity index (χ0n) is 11.3. The molecular weight excluding hydrogens is 266 g/mol. The second-order valence-corrected chi connectivity index (χ2v) is 4.83. The van der Waals surface area contributed by atoms with Gasteiger partial charge in [-0.15, -0.1) is 0 Å². The van der Waals surface area contributed by atoms with E-state index in [1.54, 1.807) is 19.1 Å². The molecule has 1 aromatic carbocycles. The first-order valence-corrected chi connectivity index (χ1v) is 6.61. The fourth-order valence-corrected chi connectivity index (χ4v) is 2.34. The number of carbonyl (C=O) groups excluding carboxylic acids is 1. The van der Waals surface area contributed by atoms with Crippen LogP contribution in [0.2, 0.25) is 0 Å². The number of nitrogens with one attached hydrogen (secondary N) is 1. The molecule has 6 heteroatoms. The first kappa shape index (κ1) is 14.6. The largest absolute Gasteiger partial charge is 0.435 e. The van der Waals surface area contributed by atoms with E-state index < -0.39 is 6.61 Å². The summed E-state index contributed by atoms with van der Waals surface area (Å²) in [4.78, 5) is 13.0. The van der Waals surface area contributed by atoms with Crippen molar-refractivity contribution in [1.29, 1.82) is 0 Å². The molecule has 1 N–H and O–H groups in total. The monoisotopic (exact) mass is 284 g/mol. The quantitative estimate of drug-likeness (QED) is 0.924. The third kappa shape index (κ3) is 4.08. The van der Waals surface area contributed by atoms with E-state index in [9.17, 15) is 13.6 Å². The summed E-state index contributed by atoms with van der Waals surface area (Å²) in [5.41, 5.74) is 0.754. The van der Waals surface area contributed by atoms with E-state index in [1.165, 1.54) is 6.07 Å². The van der Waals surface area contributed by atoms with Crippen LogP contribution in [0.1, 0.15) is 19.8 Å². The number of alkyl halides is 2. The molecule has 0 atom stereocenters. The van der Waals surface area contributed by atoms with Gasteiger partial charge < -0.3 is 15.0 Å². The molecule has 4 nitrogen and oxygen atoms in total. The SMILES string of the molecule is CC(=O)N1CCC(Nc2cccc(OC(F)F)c2)CC1. The lowest BCUT2D eigenvalue weighted by atomic mass is 10.0. The third-order valence-electron chi connectivity index (χ3n) is 3.37. The van der Waals surface area contributed by atoms with E-state index in [4.69, 9.17) is 0 Å². The van der Waals surface area contributed by atoms with Crippen LogP contribution >= 0.6 is 0 Å². The topological polar surface area (TPSA) is 41.6 Å². The average molecular weight is 284 g/mol. The number of amides is 1. The van der Waals surface area contributed by atoms with E-state index in [0.29, 0.717) is 0 Å². The molecule has 0 spiro atoms. The highest BCUT2D eigenvalue weighted by Gasteiger charge is 2.20. The van der Waals surface area contributed by atoms with Crippen molar-refractivity contribution in [1.82, 2.24) is 4.90 Å². The Kier molecular flexibility index (Phi) is 4.76. The molecule has 1 heterocycles. The van der Waals surface area contributed by atoms with E-state index in [-0.39, 0.29) is 17.7 Å². The van der Waals surface area contributed by atoms with Crippen molar-refractivity contribution >= 4 is 11.6 Å². The number of hydrogen-bond acceptors (Lipinski definition) is 3. The molecular formula is C14H18F2N2O2. The van der Waals surface area contributed by atoms with Gasteiger partial charge >= 0.3 is 6.61 Å². The molecule has 1 saturated heterocycles. The zero-order valence-corrected chi connectivity index (χ0v) is 11.3. The van der Waals surface area contributed by atoms with Gasteiger partial charge in [-0.1, -0.05) is 6.07 Å². The van der Waals surface area contributed by atoms with Crippen molar-refractivity contribution in [2.75, 3.05) is 18.4 Å². The molecule has 2 rings (SSSR count). The second-order valence-electron chi connectivity index (χ2n) is 4.83. The number of rotatable bonds is 4. The number of nitrogens with zero attached hydrogens (tertiary/aromatic N) is 1. The molecule has 0 saturated carbocycles. The summed E-state index contributed by atoms with van der Waals surface area (Å²) < 4.78 is 28.7. The molecule has 1 amide bonds. The number of ether oxygens (including phenoxy) is 1. The Morgan fingerprint density at radius 3 is 2.70 bits per heavy atom. The van der Waals surface area contributed by atoms with Crippen LogP contribution in [0, 0.1) is 0 Å². The number of hydrogen-bond donors (Lipinski definition) is 1. The molecule has 1 fully saturated rings. The van der Waals surface area contributed by atoms with Crippen molar-refractivity contribution in [3.63, 3.8) is 0 Å². The Balaban J connectivity index is 1.89. The molecule has 1 aliphatic heterocycles. The van der Waals surface area contributed by atoms with E-state index in [1.807, 2.05) is 11.0 Å². The maximum atomic E-state index is 12.1. The van der Waals surface area contributed by atoms with Crippen molar-refractivity contribution in [3.8, 4) is 5.75 Å². The van der Waals surface area contributed by atoms with Crippen LogP contribution in [-0.2, 0) is 4.79 Å². The summed E-state index contributed by atoms with van der Waals surface area (Å²) in [7, 11) is 0. The highest BCUT2D eigenvalue weighted by atomic mass is 19.3. The van der Waals surface area contributed by atoms with E-state index >= 15 is 0 Å². The highest BCUT2D eigenvalue weighted by molar-refractivity contribution is 5.73. The van der Waals surface area contributed by atoms with Gasteiger partial charge in [0, 0.05) is 37.8 Å². The van der Waals surface area contributed by atoms with Crippen molar-refractivity contribution in [2.45, 2.75) is 32.4 Å². The number of likely N-dealkylation sites (tertiary alicyclic amines) is 1.